The molecule has 0 aliphatic heterocycles. The van der Waals surface area contributed by atoms with Crippen molar-refractivity contribution in [2.24, 2.45) is 5.92 Å². The van der Waals surface area contributed by atoms with Crippen LogP contribution in [0.1, 0.15) is 47.9 Å². The summed E-state index contributed by atoms with van der Waals surface area (Å²) < 4.78 is 47.4. The predicted octanol–water partition coefficient (Wildman–Crippen LogP) is 6.54. The molecule has 3 rings (SSSR count). The van der Waals surface area contributed by atoms with Gasteiger partial charge in [0.2, 0.25) is 0 Å². The second-order valence-electron chi connectivity index (χ2n) is 8.85. The lowest BCUT2D eigenvalue weighted by Gasteiger charge is -2.24. The molecule has 0 spiro atoms. The number of carboxylic acid groups (broad SMARTS) is 1. The fraction of sp³-hybridized carbons (Fsp3) is 0.286. The Morgan fingerprint density at radius 1 is 0.946 bits per heavy atom. The van der Waals surface area contributed by atoms with Gasteiger partial charge in [-0.05, 0) is 71.5 Å². The lowest BCUT2D eigenvalue weighted by molar-refractivity contribution is -0.274. The van der Waals surface area contributed by atoms with E-state index in [0.29, 0.717) is 11.3 Å². The molecule has 0 saturated carbocycles. The molecule has 196 valence electrons. The van der Waals surface area contributed by atoms with E-state index < -0.39 is 12.3 Å². The molecule has 1 amide bonds. The maximum absolute atomic E-state index is 12.4. The molecule has 0 aliphatic carbocycles. The Bertz CT molecular complexity index is 1220. The van der Waals surface area contributed by atoms with Crippen molar-refractivity contribution in [2.75, 3.05) is 6.54 Å². The first-order valence-corrected chi connectivity index (χ1v) is 11.7. The Morgan fingerprint density at radius 3 is 2.11 bits per heavy atom. The van der Waals surface area contributed by atoms with Crippen LogP contribution in [0.2, 0.25) is 0 Å². The van der Waals surface area contributed by atoms with Crippen LogP contribution >= 0.6 is 0 Å². The van der Waals surface area contributed by atoms with E-state index >= 15 is 0 Å². The molecular formula is C28H28F3NO5. The highest BCUT2D eigenvalue weighted by Gasteiger charge is 2.31. The molecule has 1 unspecified atom stereocenters. The van der Waals surface area contributed by atoms with Gasteiger partial charge in [0, 0.05) is 12.1 Å². The van der Waals surface area contributed by atoms with Gasteiger partial charge in [-0.25, -0.2) is 0 Å². The van der Waals surface area contributed by atoms with E-state index in [1.807, 2.05) is 51.1 Å². The average molecular weight is 516 g/mol. The fourth-order valence-corrected chi connectivity index (χ4v) is 3.81. The monoisotopic (exact) mass is 515 g/mol. The second kappa shape index (κ2) is 11.8. The van der Waals surface area contributed by atoms with Gasteiger partial charge in [-0.2, -0.15) is 0 Å². The van der Waals surface area contributed by atoms with Crippen LogP contribution in [0, 0.1) is 12.8 Å². The number of hydrogen-bond donors (Lipinski definition) is 2. The van der Waals surface area contributed by atoms with Crippen molar-refractivity contribution in [3.8, 4) is 22.6 Å². The minimum atomic E-state index is -4.74. The fourth-order valence-electron chi connectivity index (χ4n) is 3.81. The molecule has 0 bridgehead atoms. The molecule has 0 aromatic heterocycles. The van der Waals surface area contributed by atoms with Crippen LogP contribution in [0.25, 0.3) is 11.1 Å². The SMILES string of the molecule is Cc1cc(OC(c2ccc(C(=O)NCCC(=O)O)cc2)C(C)C)ccc1-c1ccc(OC(F)(F)F)cc1. The van der Waals surface area contributed by atoms with Gasteiger partial charge < -0.3 is 19.9 Å². The Hall–Kier alpha value is -4.01. The highest BCUT2D eigenvalue weighted by molar-refractivity contribution is 5.94. The number of aryl methyl sites for hydroxylation is 1. The highest BCUT2D eigenvalue weighted by Crippen LogP contribution is 2.33. The molecule has 3 aromatic carbocycles. The number of rotatable bonds is 10. The number of nitrogens with one attached hydrogen (secondary N) is 1. The van der Waals surface area contributed by atoms with E-state index in [2.05, 4.69) is 10.1 Å². The Morgan fingerprint density at radius 2 is 1.57 bits per heavy atom. The Balaban J connectivity index is 1.71. The van der Waals surface area contributed by atoms with Crippen molar-refractivity contribution in [1.82, 2.24) is 5.32 Å². The second-order valence-corrected chi connectivity index (χ2v) is 8.85. The molecule has 0 radical (unpaired) electrons. The largest absolute Gasteiger partial charge is 0.573 e. The first-order chi connectivity index (χ1) is 17.4. The van der Waals surface area contributed by atoms with Crippen molar-refractivity contribution in [1.29, 1.82) is 0 Å². The number of alkyl halides is 3. The molecule has 2 N–H and O–H groups in total. The molecule has 3 aromatic rings. The van der Waals surface area contributed by atoms with E-state index in [-0.39, 0.29) is 36.6 Å². The zero-order chi connectivity index (χ0) is 27.2. The summed E-state index contributed by atoms with van der Waals surface area (Å²) in [5, 5.41) is 11.3. The van der Waals surface area contributed by atoms with Crippen molar-refractivity contribution >= 4 is 11.9 Å². The molecule has 0 fully saturated rings. The van der Waals surface area contributed by atoms with E-state index in [1.54, 1.807) is 24.3 Å². The smallest absolute Gasteiger partial charge is 0.485 e. The molecule has 6 nitrogen and oxygen atoms in total. The number of hydrogen-bond acceptors (Lipinski definition) is 4. The number of aliphatic carboxylic acids is 1. The zero-order valence-corrected chi connectivity index (χ0v) is 20.6. The normalized spacial score (nSPS) is 12.2. The molecule has 9 heteroatoms. The van der Waals surface area contributed by atoms with Crippen molar-refractivity contribution < 1.29 is 37.3 Å². The molecule has 37 heavy (non-hydrogen) atoms. The maximum atomic E-state index is 12.4. The summed E-state index contributed by atoms with van der Waals surface area (Å²) in [6.07, 6.45) is -5.19. The minimum absolute atomic E-state index is 0.0501. The Labute approximate surface area is 213 Å². The zero-order valence-electron chi connectivity index (χ0n) is 20.6. The van der Waals surface area contributed by atoms with Crippen LogP contribution in [-0.4, -0.2) is 29.9 Å². The van der Waals surface area contributed by atoms with Crippen molar-refractivity contribution in [3.63, 3.8) is 0 Å². The summed E-state index contributed by atoms with van der Waals surface area (Å²) in [7, 11) is 0. The molecule has 0 aliphatic rings. The number of ether oxygens (including phenoxy) is 2. The predicted molar refractivity (Wildman–Crippen MR) is 133 cm³/mol. The van der Waals surface area contributed by atoms with Gasteiger partial charge in [-0.3, -0.25) is 9.59 Å². The molecular weight excluding hydrogens is 487 g/mol. The Kier molecular flexibility index (Phi) is 8.81. The molecule has 0 saturated heterocycles. The quantitative estimate of drug-likeness (QED) is 0.320. The van der Waals surface area contributed by atoms with E-state index in [1.165, 1.54) is 12.1 Å². The topological polar surface area (TPSA) is 84.9 Å². The minimum Gasteiger partial charge on any atom is -0.485 e. The summed E-state index contributed by atoms with van der Waals surface area (Å²) in [5.41, 5.74) is 3.78. The number of benzene rings is 3. The number of halogens is 3. The van der Waals surface area contributed by atoms with Gasteiger partial charge in [0.1, 0.15) is 17.6 Å². The van der Waals surface area contributed by atoms with Crippen molar-refractivity contribution in [2.45, 2.75) is 39.7 Å². The van der Waals surface area contributed by atoms with Crippen LogP contribution < -0.4 is 14.8 Å². The van der Waals surface area contributed by atoms with Crippen LogP contribution in [-0.2, 0) is 4.79 Å². The lowest BCUT2D eigenvalue weighted by Crippen LogP contribution is -2.26. The standard InChI is InChI=1S/C28H28F3NO5/c1-17(2)26(20-4-6-21(7-5-20)27(35)32-15-14-25(33)34)36-23-12-13-24(18(3)16-23)19-8-10-22(11-9-19)37-28(29,30)31/h4-13,16-17,26H,14-15H2,1-3H3,(H,32,35)(H,33,34). The first kappa shape index (κ1) is 27.6. The van der Waals surface area contributed by atoms with Crippen LogP contribution in [0.4, 0.5) is 13.2 Å². The molecule has 0 heterocycles. The van der Waals surface area contributed by atoms with E-state index in [0.717, 1.165) is 22.3 Å². The van der Waals surface area contributed by atoms with Gasteiger partial charge in [0.15, 0.2) is 0 Å². The van der Waals surface area contributed by atoms with Gasteiger partial charge in [0.25, 0.3) is 5.91 Å². The maximum Gasteiger partial charge on any atom is 0.573 e. The van der Waals surface area contributed by atoms with Crippen LogP contribution in [0.3, 0.4) is 0 Å². The molecule has 1 atom stereocenters. The van der Waals surface area contributed by atoms with Crippen LogP contribution in [0.15, 0.2) is 66.7 Å². The highest BCUT2D eigenvalue weighted by atomic mass is 19.4. The van der Waals surface area contributed by atoms with Gasteiger partial charge in [-0.15, -0.1) is 13.2 Å². The van der Waals surface area contributed by atoms with Crippen LogP contribution in [0.5, 0.6) is 11.5 Å². The summed E-state index contributed by atoms with van der Waals surface area (Å²) in [6, 6.07) is 18.2. The van der Waals surface area contributed by atoms with E-state index in [4.69, 9.17) is 9.84 Å². The summed E-state index contributed by atoms with van der Waals surface area (Å²) in [4.78, 5) is 22.8. The number of carboxylic acids is 1. The number of carbonyl (C=O) groups excluding carboxylic acids is 1. The average Bonchev–Trinajstić information content (AvgIpc) is 2.82. The van der Waals surface area contributed by atoms with Gasteiger partial charge in [-0.1, -0.05) is 44.2 Å². The lowest BCUT2D eigenvalue weighted by atomic mass is 9.97. The third kappa shape index (κ3) is 7.99. The number of carbonyl (C=O) groups is 2. The van der Waals surface area contributed by atoms with Crippen molar-refractivity contribution in [3.05, 3.63) is 83.4 Å². The third-order valence-electron chi connectivity index (χ3n) is 5.59. The summed E-state index contributed by atoms with van der Waals surface area (Å²) in [5.74, 6) is -0.871. The van der Waals surface area contributed by atoms with E-state index in [9.17, 15) is 22.8 Å². The summed E-state index contributed by atoms with van der Waals surface area (Å²) >= 11 is 0. The third-order valence-corrected chi connectivity index (χ3v) is 5.59. The van der Waals surface area contributed by atoms with Gasteiger partial charge in [0.05, 0.1) is 6.42 Å². The first-order valence-electron chi connectivity index (χ1n) is 11.7. The number of amides is 1. The summed E-state index contributed by atoms with van der Waals surface area (Å²) in [6.45, 7) is 5.98. The van der Waals surface area contributed by atoms with Gasteiger partial charge >= 0.3 is 12.3 Å².